The molecule has 0 fully saturated rings. The summed E-state index contributed by atoms with van der Waals surface area (Å²) in [5.74, 6) is 0.379. The number of carboxylic acid groups (broad SMARTS) is 1. The van der Waals surface area contributed by atoms with E-state index in [0.29, 0.717) is 5.78 Å². The Kier molecular flexibility index (Phi) is 3.46. The van der Waals surface area contributed by atoms with Crippen LogP contribution in [-0.2, 0) is 6.42 Å². The van der Waals surface area contributed by atoms with Gasteiger partial charge in [-0.1, -0.05) is 6.92 Å². The number of rotatable bonds is 4. The Balaban J connectivity index is 2.05. The van der Waals surface area contributed by atoms with Crippen molar-refractivity contribution in [2.24, 2.45) is 0 Å². The molecular formula is C15H15N5O2. The normalized spacial score (nSPS) is 10.8. The van der Waals surface area contributed by atoms with Crippen LogP contribution in [0.3, 0.4) is 0 Å². The molecule has 0 bridgehead atoms. The molecule has 0 amide bonds. The number of aryl methyl sites for hydroxylation is 1. The first-order valence-corrected chi connectivity index (χ1v) is 6.89. The first kappa shape index (κ1) is 14.0. The minimum absolute atomic E-state index is 0.248. The third-order valence-electron chi connectivity index (χ3n) is 3.48. The van der Waals surface area contributed by atoms with Gasteiger partial charge < -0.3 is 10.4 Å². The Bertz CT molecular complexity index is 839. The largest absolute Gasteiger partial charge is 0.478 e. The predicted molar refractivity (Wildman–Crippen MR) is 81.6 cm³/mol. The van der Waals surface area contributed by atoms with Crippen molar-refractivity contribution in [2.45, 2.75) is 20.3 Å². The maximum absolute atomic E-state index is 10.9. The molecule has 0 aliphatic rings. The highest BCUT2D eigenvalue weighted by molar-refractivity contribution is 5.88. The van der Waals surface area contributed by atoms with Crippen molar-refractivity contribution in [1.82, 2.24) is 19.6 Å². The SMILES string of the molecule is CCc1c(C)nc2ncnn2c1Nc1ccc(C(=O)O)cc1. The fourth-order valence-electron chi connectivity index (χ4n) is 2.37. The standard InChI is InChI=1S/C15H15N5O2/c1-3-12-9(2)18-15-16-8-17-20(15)13(12)19-11-6-4-10(5-7-11)14(21)22/h4-8,19H,3H2,1-2H3,(H,21,22). The molecule has 1 aromatic carbocycles. The molecule has 2 heterocycles. The Hall–Kier alpha value is -2.96. The summed E-state index contributed by atoms with van der Waals surface area (Å²) < 4.78 is 1.65. The maximum atomic E-state index is 10.9. The molecule has 0 spiro atoms. The molecule has 22 heavy (non-hydrogen) atoms. The van der Waals surface area contributed by atoms with Gasteiger partial charge in [-0.15, -0.1) is 0 Å². The van der Waals surface area contributed by atoms with E-state index in [-0.39, 0.29) is 5.56 Å². The van der Waals surface area contributed by atoms with Crippen LogP contribution in [0.4, 0.5) is 11.5 Å². The molecule has 2 aromatic heterocycles. The highest BCUT2D eigenvalue weighted by Crippen LogP contribution is 2.24. The van der Waals surface area contributed by atoms with Crippen molar-refractivity contribution in [3.63, 3.8) is 0 Å². The van der Waals surface area contributed by atoms with E-state index in [2.05, 4.69) is 20.4 Å². The van der Waals surface area contributed by atoms with Crippen molar-refractivity contribution < 1.29 is 9.90 Å². The number of hydrogen-bond acceptors (Lipinski definition) is 5. The van der Waals surface area contributed by atoms with Gasteiger partial charge >= 0.3 is 5.97 Å². The molecule has 0 unspecified atom stereocenters. The van der Waals surface area contributed by atoms with Crippen LogP contribution in [-0.4, -0.2) is 30.7 Å². The van der Waals surface area contributed by atoms with Crippen molar-refractivity contribution >= 4 is 23.3 Å². The van der Waals surface area contributed by atoms with Crippen LogP contribution in [0.15, 0.2) is 30.6 Å². The first-order chi connectivity index (χ1) is 10.6. The summed E-state index contributed by atoms with van der Waals surface area (Å²) in [5.41, 5.74) is 2.97. The zero-order valence-corrected chi connectivity index (χ0v) is 12.2. The van der Waals surface area contributed by atoms with E-state index in [1.165, 1.54) is 6.33 Å². The van der Waals surface area contributed by atoms with Crippen LogP contribution in [0.1, 0.15) is 28.5 Å². The molecule has 0 radical (unpaired) electrons. The lowest BCUT2D eigenvalue weighted by Crippen LogP contribution is -2.08. The Morgan fingerprint density at radius 3 is 2.68 bits per heavy atom. The lowest BCUT2D eigenvalue weighted by molar-refractivity contribution is 0.0697. The summed E-state index contributed by atoms with van der Waals surface area (Å²) in [6, 6.07) is 6.56. The number of carboxylic acids is 1. The van der Waals surface area contributed by atoms with Gasteiger partial charge in [-0.2, -0.15) is 14.6 Å². The molecule has 0 aliphatic heterocycles. The van der Waals surface area contributed by atoms with Gasteiger partial charge in [-0.3, -0.25) is 0 Å². The number of aromatic nitrogens is 4. The topological polar surface area (TPSA) is 92.4 Å². The summed E-state index contributed by atoms with van der Waals surface area (Å²) in [4.78, 5) is 19.4. The van der Waals surface area contributed by atoms with Crippen molar-refractivity contribution in [3.8, 4) is 0 Å². The Labute approximate surface area is 126 Å². The van der Waals surface area contributed by atoms with E-state index in [0.717, 1.165) is 29.2 Å². The van der Waals surface area contributed by atoms with E-state index < -0.39 is 5.97 Å². The predicted octanol–water partition coefficient (Wildman–Crippen LogP) is 2.44. The molecule has 2 N–H and O–H groups in total. The quantitative estimate of drug-likeness (QED) is 0.768. The minimum Gasteiger partial charge on any atom is -0.478 e. The zero-order valence-electron chi connectivity index (χ0n) is 12.2. The average Bonchev–Trinajstić information content (AvgIpc) is 2.96. The average molecular weight is 297 g/mol. The van der Waals surface area contributed by atoms with Gasteiger partial charge in [-0.25, -0.2) is 9.78 Å². The molecule has 7 heteroatoms. The summed E-state index contributed by atoms with van der Waals surface area (Å²) in [5, 5.41) is 16.4. The molecule has 3 rings (SSSR count). The smallest absolute Gasteiger partial charge is 0.335 e. The maximum Gasteiger partial charge on any atom is 0.335 e. The second-order valence-electron chi connectivity index (χ2n) is 4.86. The van der Waals surface area contributed by atoms with E-state index in [4.69, 9.17) is 5.11 Å². The van der Waals surface area contributed by atoms with Gasteiger partial charge in [0.2, 0.25) is 0 Å². The van der Waals surface area contributed by atoms with Gasteiger partial charge in [-0.05, 0) is 37.6 Å². The lowest BCUT2D eigenvalue weighted by atomic mass is 10.1. The van der Waals surface area contributed by atoms with E-state index in [1.54, 1.807) is 28.8 Å². The number of fused-ring (bicyclic) bond motifs is 1. The Morgan fingerprint density at radius 1 is 1.32 bits per heavy atom. The molecule has 112 valence electrons. The first-order valence-electron chi connectivity index (χ1n) is 6.89. The monoisotopic (exact) mass is 297 g/mol. The van der Waals surface area contributed by atoms with Crippen LogP contribution < -0.4 is 5.32 Å². The third kappa shape index (κ3) is 2.37. The van der Waals surface area contributed by atoms with E-state index in [1.807, 2.05) is 13.8 Å². The van der Waals surface area contributed by atoms with Crippen LogP contribution >= 0.6 is 0 Å². The zero-order chi connectivity index (χ0) is 15.7. The second kappa shape index (κ2) is 5.44. The molecule has 3 aromatic rings. The lowest BCUT2D eigenvalue weighted by Gasteiger charge is -2.14. The van der Waals surface area contributed by atoms with Crippen molar-refractivity contribution in [2.75, 3.05) is 5.32 Å². The van der Waals surface area contributed by atoms with E-state index >= 15 is 0 Å². The molecule has 0 saturated heterocycles. The molecule has 7 nitrogen and oxygen atoms in total. The third-order valence-corrected chi connectivity index (χ3v) is 3.48. The molecule has 0 atom stereocenters. The van der Waals surface area contributed by atoms with Gasteiger partial charge in [0.15, 0.2) is 0 Å². The van der Waals surface area contributed by atoms with Crippen LogP contribution in [0.5, 0.6) is 0 Å². The number of carbonyl (C=O) groups is 1. The van der Waals surface area contributed by atoms with Gasteiger partial charge in [0.05, 0.1) is 5.56 Å². The van der Waals surface area contributed by atoms with Crippen LogP contribution in [0.25, 0.3) is 5.78 Å². The minimum atomic E-state index is -0.945. The molecular weight excluding hydrogens is 282 g/mol. The van der Waals surface area contributed by atoms with Crippen LogP contribution in [0, 0.1) is 6.92 Å². The highest BCUT2D eigenvalue weighted by atomic mass is 16.4. The summed E-state index contributed by atoms with van der Waals surface area (Å²) in [6.45, 7) is 3.98. The number of benzene rings is 1. The highest BCUT2D eigenvalue weighted by Gasteiger charge is 2.13. The number of anilines is 2. The number of aromatic carboxylic acids is 1. The van der Waals surface area contributed by atoms with Crippen molar-refractivity contribution in [1.29, 1.82) is 0 Å². The van der Waals surface area contributed by atoms with Gasteiger partial charge in [0, 0.05) is 16.9 Å². The number of nitrogens with one attached hydrogen (secondary N) is 1. The number of nitrogens with zero attached hydrogens (tertiary/aromatic N) is 4. The fraction of sp³-hybridized carbons (Fsp3) is 0.200. The summed E-state index contributed by atoms with van der Waals surface area (Å²) in [6.07, 6.45) is 2.25. The van der Waals surface area contributed by atoms with E-state index in [9.17, 15) is 4.79 Å². The van der Waals surface area contributed by atoms with Crippen LogP contribution in [0.2, 0.25) is 0 Å². The van der Waals surface area contributed by atoms with Gasteiger partial charge in [0.1, 0.15) is 12.1 Å². The molecule has 0 saturated carbocycles. The van der Waals surface area contributed by atoms with Gasteiger partial charge in [0.25, 0.3) is 5.78 Å². The second-order valence-corrected chi connectivity index (χ2v) is 4.86. The number of hydrogen-bond donors (Lipinski definition) is 2. The fourth-order valence-corrected chi connectivity index (χ4v) is 2.37. The summed E-state index contributed by atoms with van der Waals surface area (Å²) in [7, 11) is 0. The van der Waals surface area contributed by atoms with Crippen molar-refractivity contribution in [3.05, 3.63) is 47.4 Å². The summed E-state index contributed by atoms with van der Waals surface area (Å²) >= 11 is 0. The Morgan fingerprint density at radius 2 is 2.05 bits per heavy atom. The molecule has 0 aliphatic carbocycles.